The van der Waals surface area contributed by atoms with E-state index in [0.717, 1.165) is 67.7 Å². The third-order valence-electron chi connectivity index (χ3n) is 9.02. The number of nitrogens with one attached hydrogen (secondary N) is 1. The third-order valence-corrected chi connectivity index (χ3v) is 9.28. The van der Waals surface area contributed by atoms with Crippen molar-refractivity contribution in [1.82, 2.24) is 24.4 Å². The highest BCUT2D eigenvalue weighted by Gasteiger charge is 2.34. The summed E-state index contributed by atoms with van der Waals surface area (Å²) < 4.78 is 1.79. The Hall–Kier alpha value is -3.72. The SMILES string of the molecule is CN1CCC(N(C)C(=O)c2ccc(Nc3nc4c(C5=CCC(CO)(c6ccc(Cl)cc6)CC5)cccn4n3)cc2)CC1. The molecular weight excluding hydrogens is 548 g/mol. The summed E-state index contributed by atoms with van der Waals surface area (Å²) in [4.78, 5) is 22.1. The van der Waals surface area contributed by atoms with Crippen LogP contribution in [0.15, 0.2) is 72.9 Å². The number of allylic oxidation sites excluding steroid dienone is 2. The molecule has 1 aliphatic heterocycles. The van der Waals surface area contributed by atoms with Gasteiger partial charge in [-0.05, 0) is 112 Å². The van der Waals surface area contributed by atoms with Gasteiger partial charge in [-0.1, -0.05) is 29.8 Å². The van der Waals surface area contributed by atoms with Crippen molar-refractivity contribution in [2.75, 3.05) is 39.1 Å². The Bertz CT molecular complexity index is 1590. The summed E-state index contributed by atoms with van der Waals surface area (Å²) in [6.07, 6.45) is 8.51. The molecule has 2 aromatic heterocycles. The van der Waals surface area contributed by atoms with E-state index >= 15 is 0 Å². The molecule has 6 rings (SSSR count). The minimum atomic E-state index is -0.311. The molecule has 1 saturated heterocycles. The zero-order chi connectivity index (χ0) is 29.3. The number of pyridine rings is 1. The summed E-state index contributed by atoms with van der Waals surface area (Å²) in [6.45, 7) is 2.12. The van der Waals surface area contributed by atoms with Crippen molar-refractivity contribution < 1.29 is 9.90 Å². The first-order valence-electron chi connectivity index (χ1n) is 14.6. The summed E-state index contributed by atoms with van der Waals surface area (Å²) in [5.41, 5.74) is 5.31. The number of hydrogen-bond acceptors (Lipinski definition) is 6. The zero-order valence-electron chi connectivity index (χ0n) is 24.1. The van der Waals surface area contributed by atoms with Crippen molar-refractivity contribution in [3.63, 3.8) is 0 Å². The van der Waals surface area contributed by atoms with Crippen LogP contribution in [0.25, 0.3) is 11.2 Å². The largest absolute Gasteiger partial charge is 0.395 e. The van der Waals surface area contributed by atoms with Crippen molar-refractivity contribution in [2.45, 2.75) is 43.6 Å². The van der Waals surface area contributed by atoms with Crippen molar-refractivity contribution in [1.29, 1.82) is 0 Å². The maximum absolute atomic E-state index is 13.1. The number of benzene rings is 2. The maximum Gasteiger partial charge on any atom is 0.253 e. The summed E-state index contributed by atoms with van der Waals surface area (Å²) in [5, 5.41) is 19.0. The number of piperidine rings is 1. The highest BCUT2D eigenvalue weighted by Crippen LogP contribution is 2.42. The topological polar surface area (TPSA) is 86.0 Å². The van der Waals surface area contributed by atoms with Crippen molar-refractivity contribution >= 4 is 40.4 Å². The van der Waals surface area contributed by atoms with Gasteiger partial charge in [0, 0.05) is 46.5 Å². The van der Waals surface area contributed by atoms with Gasteiger partial charge in [0.25, 0.3) is 5.91 Å². The van der Waals surface area contributed by atoms with Crippen LogP contribution in [0.4, 0.5) is 11.6 Å². The summed E-state index contributed by atoms with van der Waals surface area (Å²) in [6, 6.07) is 19.7. The van der Waals surface area contributed by atoms with Gasteiger partial charge in [0.15, 0.2) is 5.65 Å². The molecule has 42 heavy (non-hydrogen) atoms. The summed E-state index contributed by atoms with van der Waals surface area (Å²) >= 11 is 6.10. The van der Waals surface area contributed by atoms with Crippen LogP contribution in [0, 0.1) is 0 Å². The number of rotatable bonds is 7. The van der Waals surface area contributed by atoms with Gasteiger partial charge in [-0.2, -0.15) is 4.98 Å². The van der Waals surface area contributed by atoms with Crippen molar-refractivity contribution in [2.24, 2.45) is 0 Å². The smallest absolute Gasteiger partial charge is 0.253 e. The second-order valence-electron chi connectivity index (χ2n) is 11.7. The number of aliphatic hydroxyl groups excluding tert-OH is 1. The lowest BCUT2D eigenvalue weighted by atomic mass is 9.70. The molecular formula is C33H37ClN6O2. The molecule has 1 fully saturated rings. The van der Waals surface area contributed by atoms with E-state index in [4.69, 9.17) is 16.6 Å². The molecule has 1 atom stereocenters. The van der Waals surface area contributed by atoms with E-state index in [1.807, 2.05) is 72.7 Å². The number of nitrogens with zero attached hydrogens (tertiary/aromatic N) is 5. The van der Waals surface area contributed by atoms with Gasteiger partial charge >= 0.3 is 0 Å². The fourth-order valence-corrected chi connectivity index (χ4v) is 6.35. The number of likely N-dealkylation sites (tertiary alicyclic amines) is 1. The van der Waals surface area contributed by atoms with Crippen LogP contribution in [0.5, 0.6) is 0 Å². The number of aliphatic hydroxyl groups is 1. The van der Waals surface area contributed by atoms with Crippen LogP contribution in [0.1, 0.15) is 53.6 Å². The van der Waals surface area contributed by atoms with Gasteiger partial charge in [-0.15, -0.1) is 5.10 Å². The number of anilines is 2. The van der Waals surface area contributed by atoms with Gasteiger partial charge in [-0.25, -0.2) is 4.52 Å². The van der Waals surface area contributed by atoms with Crippen LogP contribution < -0.4 is 5.32 Å². The molecule has 2 N–H and O–H groups in total. The van der Waals surface area contributed by atoms with Gasteiger partial charge in [-0.3, -0.25) is 4.79 Å². The average Bonchev–Trinajstić information content (AvgIpc) is 3.44. The maximum atomic E-state index is 13.1. The van der Waals surface area contributed by atoms with E-state index in [0.29, 0.717) is 16.5 Å². The molecule has 8 nitrogen and oxygen atoms in total. The Labute approximate surface area is 251 Å². The van der Waals surface area contributed by atoms with E-state index in [2.05, 4.69) is 34.5 Å². The van der Waals surface area contributed by atoms with Crippen LogP contribution in [0.3, 0.4) is 0 Å². The van der Waals surface area contributed by atoms with Gasteiger partial charge < -0.3 is 20.2 Å². The van der Waals surface area contributed by atoms with Crippen molar-refractivity contribution in [3.8, 4) is 0 Å². The number of carbonyl (C=O) groups excluding carboxylic acids is 1. The van der Waals surface area contributed by atoms with Crippen LogP contribution in [0.2, 0.25) is 5.02 Å². The van der Waals surface area contributed by atoms with E-state index in [-0.39, 0.29) is 24.0 Å². The fourth-order valence-electron chi connectivity index (χ4n) is 6.23. The predicted octanol–water partition coefficient (Wildman–Crippen LogP) is 5.79. The normalized spacial score (nSPS) is 20.0. The van der Waals surface area contributed by atoms with E-state index in [1.54, 1.807) is 4.52 Å². The second-order valence-corrected chi connectivity index (χ2v) is 12.1. The minimum Gasteiger partial charge on any atom is -0.395 e. The molecule has 2 aliphatic rings. The molecule has 218 valence electrons. The second kappa shape index (κ2) is 11.9. The molecule has 0 spiro atoms. The molecule has 1 unspecified atom stereocenters. The van der Waals surface area contributed by atoms with E-state index < -0.39 is 0 Å². The van der Waals surface area contributed by atoms with Crippen LogP contribution in [-0.2, 0) is 5.41 Å². The lowest BCUT2D eigenvalue weighted by molar-refractivity contribution is 0.0659. The Kier molecular flexibility index (Phi) is 8.03. The van der Waals surface area contributed by atoms with Gasteiger partial charge in [0.05, 0.1) is 6.61 Å². The number of hydrogen-bond donors (Lipinski definition) is 2. The fraction of sp³-hybridized carbons (Fsp3) is 0.364. The molecule has 1 aliphatic carbocycles. The Morgan fingerprint density at radius 3 is 2.52 bits per heavy atom. The third kappa shape index (κ3) is 5.67. The quantitative estimate of drug-likeness (QED) is 0.286. The Morgan fingerprint density at radius 1 is 1.12 bits per heavy atom. The standard InChI is InChI=1S/C33H37ClN6O2/c1-38-20-15-28(16-21-38)39(2)31(42)24-5-11-27(12-6-24)35-32-36-30-29(4-3-19-40(30)37-32)23-13-17-33(22-41,18-14-23)25-7-9-26(34)10-8-25/h3-13,19,28,41H,14-18,20-22H2,1-2H3,(H,35,37). The highest BCUT2D eigenvalue weighted by molar-refractivity contribution is 6.30. The number of amides is 1. The molecule has 3 heterocycles. The number of carbonyl (C=O) groups is 1. The molecule has 2 aromatic carbocycles. The number of aromatic nitrogens is 3. The average molecular weight is 585 g/mol. The first kappa shape index (κ1) is 28.4. The summed E-state index contributed by atoms with van der Waals surface area (Å²) in [7, 11) is 4.03. The molecule has 9 heteroatoms. The lowest BCUT2D eigenvalue weighted by Crippen LogP contribution is -2.44. The Balaban J connectivity index is 1.16. The minimum absolute atomic E-state index is 0.0497. The zero-order valence-corrected chi connectivity index (χ0v) is 24.9. The van der Waals surface area contributed by atoms with Gasteiger partial charge in [0.2, 0.25) is 5.95 Å². The first-order valence-corrected chi connectivity index (χ1v) is 15.0. The van der Waals surface area contributed by atoms with Gasteiger partial charge in [0.1, 0.15) is 0 Å². The van der Waals surface area contributed by atoms with Crippen LogP contribution >= 0.6 is 11.6 Å². The predicted molar refractivity (Wildman–Crippen MR) is 167 cm³/mol. The first-order chi connectivity index (χ1) is 20.3. The van der Waals surface area contributed by atoms with E-state index in [9.17, 15) is 9.90 Å². The van der Waals surface area contributed by atoms with Crippen LogP contribution in [-0.4, -0.2) is 75.2 Å². The summed E-state index contributed by atoms with van der Waals surface area (Å²) in [5.74, 6) is 0.542. The molecule has 1 amide bonds. The monoisotopic (exact) mass is 584 g/mol. The molecule has 0 radical (unpaired) electrons. The van der Waals surface area contributed by atoms with Crippen molar-refractivity contribution in [3.05, 3.63) is 94.6 Å². The van der Waals surface area contributed by atoms with E-state index in [1.165, 1.54) is 5.57 Å². The Morgan fingerprint density at radius 2 is 1.86 bits per heavy atom. The number of fused-ring (bicyclic) bond motifs is 1. The number of halogens is 1. The molecule has 0 saturated carbocycles. The molecule has 0 bridgehead atoms. The highest BCUT2D eigenvalue weighted by atomic mass is 35.5. The lowest BCUT2D eigenvalue weighted by Gasteiger charge is -2.35. The molecule has 4 aromatic rings.